The first-order valence-corrected chi connectivity index (χ1v) is 8.73. The van der Waals surface area contributed by atoms with E-state index in [1.54, 1.807) is 24.3 Å². The van der Waals surface area contributed by atoms with Crippen molar-refractivity contribution in [1.29, 1.82) is 0 Å². The van der Waals surface area contributed by atoms with Gasteiger partial charge in [0, 0.05) is 23.2 Å². The van der Waals surface area contributed by atoms with Gasteiger partial charge >= 0.3 is 0 Å². The molecule has 0 heterocycles. The lowest BCUT2D eigenvalue weighted by atomic mass is 9.89. The van der Waals surface area contributed by atoms with Gasteiger partial charge in [0.1, 0.15) is 11.5 Å². The molecule has 6 heteroatoms. The molecule has 2 amide bonds. The molecule has 0 aromatic heterocycles. The van der Waals surface area contributed by atoms with E-state index in [0.717, 1.165) is 25.7 Å². The second-order valence-electron chi connectivity index (χ2n) is 6.55. The molecule has 0 aliphatic heterocycles. The number of nitrogens with one attached hydrogen (secondary N) is 2. The Balaban J connectivity index is 1.67. The fourth-order valence-electron chi connectivity index (χ4n) is 3.27. The van der Waals surface area contributed by atoms with Crippen LogP contribution in [0.25, 0.3) is 0 Å². The summed E-state index contributed by atoms with van der Waals surface area (Å²) in [6.07, 6.45) is 3.50. The van der Waals surface area contributed by atoms with Crippen molar-refractivity contribution in [3.05, 3.63) is 59.7 Å². The lowest BCUT2D eigenvalue weighted by Crippen LogP contribution is -2.53. The Kier molecular flexibility index (Phi) is 5.41. The molecule has 0 unspecified atom stereocenters. The maximum absolute atomic E-state index is 12.4. The van der Waals surface area contributed by atoms with Crippen LogP contribution in [0.5, 0.6) is 11.5 Å². The van der Waals surface area contributed by atoms with Gasteiger partial charge in [-0.25, -0.2) is 0 Å². The minimum absolute atomic E-state index is 0.0371. The molecule has 2 aromatic carbocycles. The number of rotatable bonds is 4. The quantitative estimate of drug-likeness (QED) is 0.678. The Hall–Kier alpha value is -3.02. The largest absolute Gasteiger partial charge is 0.508 e. The Morgan fingerprint density at radius 2 is 1.19 bits per heavy atom. The first kappa shape index (κ1) is 17.8. The first-order valence-electron chi connectivity index (χ1n) is 8.73. The molecule has 0 saturated heterocycles. The average molecular weight is 354 g/mol. The third kappa shape index (κ3) is 4.33. The van der Waals surface area contributed by atoms with Crippen LogP contribution in [0.15, 0.2) is 48.5 Å². The minimum Gasteiger partial charge on any atom is -0.508 e. The molecule has 0 bridgehead atoms. The third-order valence-corrected chi connectivity index (χ3v) is 4.62. The zero-order valence-corrected chi connectivity index (χ0v) is 14.3. The monoisotopic (exact) mass is 354 g/mol. The van der Waals surface area contributed by atoms with E-state index in [4.69, 9.17) is 0 Å². The highest BCUT2D eigenvalue weighted by Gasteiger charge is 2.28. The number of hydrogen-bond donors (Lipinski definition) is 4. The van der Waals surface area contributed by atoms with Crippen molar-refractivity contribution in [2.45, 2.75) is 37.8 Å². The van der Waals surface area contributed by atoms with Crippen LogP contribution in [-0.4, -0.2) is 34.1 Å². The lowest BCUT2D eigenvalue weighted by Gasteiger charge is -2.33. The number of phenols is 2. The second kappa shape index (κ2) is 7.91. The molecule has 1 saturated carbocycles. The number of carbonyl (C=O) groups is 2. The van der Waals surface area contributed by atoms with Crippen LogP contribution >= 0.6 is 0 Å². The molecule has 0 radical (unpaired) electrons. The molecule has 0 spiro atoms. The highest BCUT2D eigenvalue weighted by Crippen LogP contribution is 2.21. The van der Waals surface area contributed by atoms with E-state index in [9.17, 15) is 19.8 Å². The van der Waals surface area contributed by atoms with Crippen molar-refractivity contribution in [2.75, 3.05) is 0 Å². The fourth-order valence-corrected chi connectivity index (χ4v) is 3.27. The normalized spacial score (nSPS) is 19.5. The SMILES string of the molecule is O=C(N[C@@H]1CCCC[C@H]1NC(=O)c1cccc(O)c1)c1cccc(O)c1. The van der Waals surface area contributed by atoms with Gasteiger partial charge in [-0.2, -0.15) is 0 Å². The Morgan fingerprint density at radius 3 is 1.58 bits per heavy atom. The van der Waals surface area contributed by atoms with Crippen LogP contribution in [0.1, 0.15) is 46.4 Å². The van der Waals surface area contributed by atoms with Crippen LogP contribution in [0.2, 0.25) is 0 Å². The predicted octanol–water partition coefficient (Wildman–Crippen LogP) is 2.57. The number of aromatic hydroxyl groups is 2. The Morgan fingerprint density at radius 1 is 0.769 bits per heavy atom. The molecule has 1 aliphatic rings. The Bertz CT molecular complexity index is 738. The highest BCUT2D eigenvalue weighted by molar-refractivity contribution is 5.96. The minimum atomic E-state index is -0.274. The molecule has 2 atom stereocenters. The van der Waals surface area contributed by atoms with Gasteiger partial charge in [0.15, 0.2) is 0 Å². The standard InChI is InChI=1S/C20H22N2O4/c23-15-7-3-5-13(11-15)19(25)21-17-9-1-2-10-18(17)22-20(26)14-6-4-8-16(24)12-14/h3-8,11-12,17-18,23-24H,1-2,9-10H2,(H,21,25)(H,22,26)/t17-,18-/m1/s1. The lowest BCUT2D eigenvalue weighted by molar-refractivity contribution is 0.0862. The molecular weight excluding hydrogens is 332 g/mol. The highest BCUT2D eigenvalue weighted by atomic mass is 16.3. The summed E-state index contributed by atoms with van der Waals surface area (Å²) in [4.78, 5) is 24.9. The summed E-state index contributed by atoms with van der Waals surface area (Å²) in [6, 6.07) is 12.0. The average Bonchev–Trinajstić information content (AvgIpc) is 2.63. The molecule has 3 rings (SSSR count). The van der Waals surface area contributed by atoms with E-state index < -0.39 is 0 Å². The summed E-state index contributed by atoms with van der Waals surface area (Å²) in [5.74, 6) is -0.473. The number of phenolic OH excluding ortho intramolecular Hbond substituents is 2. The molecule has 6 nitrogen and oxygen atoms in total. The van der Waals surface area contributed by atoms with Crippen LogP contribution in [0.4, 0.5) is 0 Å². The second-order valence-corrected chi connectivity index (χ2v) is 6.55. The summed E-state index contributed by atoms with van der Waals surface area (Å²) in [7, 11) is 0. The van der Waals surface area contributed by atoms with Gasteiger partial charge in [0.25, 0.3) is 11.8 Å². The molecule has 2 aromatic rings. The molecular formula is C20H22N2O4. The maximum Gasteiger partial charge on any atom is 0.251 e. The van der Waals surface area contributed by atoms with Crippen molar-refractivity contribution in [1.82, 2.24) is 10.6 Å². The fraction of sp³-hybridized carbons (Fsp3) is 0.300. The first-order chi connectivity index (χ1) is 12.5. The van der Waals surface area contributed by atoms with E-state index >= 15 is 0 Å². The summed E-state index contributed by atoms with van der Waals surface area (Å²) < 4.78 is 0. The van der Waals surface area contributed by atoms with Gasteiger partial charge in [-0.15, -0.1) is 0 Å². The van der Waals surface area contributed by atoms with Crippen molar-refractivity contribution in [2.24, 2.45) is 0 Å². The van der Waals surface area contributed by atoms with E-state index in [-0.39, 0.29) is 35.4 Å². The number of carbonyl (C=O) groups excluding carboxylic acids is 2. The molecule has 136 valence electrons. The van der Waals surface area contributed by atoms with Crippen LogP contribution in [-0.2, 0) is 0 Å². The van der Waals surface area contributed by atoms with Gasteiger partial charge in [0.2, 0.25) is 0 Å². The van der Waals surface area contributed by atoms with Crippen molar-refractivity contribution in [3.63, 3.8) is 0 Å². The van der Waals surface area contributed by atoms with Crippen LogP contribution in [0, 0.1) is 0 Å². The summed E-state index contributed by atoms with van der Waals surface area (Å²) in [6.45, 7) is 0. The van der Waals surface area contributed by atoms with Gasteiger partial charge < -0.3 is 20.8 Å². The van der Waals surface area contributed by atoms with E-state index in [2.05, 4.69) is 10.6 Å². The smallest absolute Gasteiger partial charge is 0.251 e. The Labute approximate surface area is 151 Å². The van der Waals surface area contributed by atoms with Gasteiger partial charge in [-0.1, -0.05) is 25.0 Å². The molecule has 1 aliphatic carbocycles. The molecule has 4 N–H and O–H groups in total. The van der Waals surface area contributed by atoms with Gasteiger partial charge in [-0.05, 0) is 49.2 Å². The number of benzene rings is 2. The zero-order valence-electron chi connectivity index (χ0n) is 14.3. The van der Waals surface area contributed by atoms with Gasteiger partial charge in [0.05, 0.1) is 0 Å². The van der Waals surface area contributed by atoms with E-state index in [1.807, 2.05) is 0 Å². The van der Waals surface area contributed by atoms with Crippen LogP contribution in [0.3, 0.4) is 0 Å². The van der Waals surface area contributed by atoms with Crippen molar-refractivity contribution in [3.8, 4) is 11.5 Å². The van der Waals surface area contributed by atoms with E-state index in [1.165, 1.54) is 24.3 Å². The number of amides is 2. The number of hydrogen-bond acceptors (Lipinski definition) is 4. The summed E-state index contributed by atoms with van der Waals surface area (Å²) in [5.41, 5.74) is 0.766. The van der Waals surface area contributed by atoms with Crippen molar-refractivity contribution < 1.29 is 19.8 Å². The molecule has 26 heavy (non-hydrogen) atoms. The van der Waals surface area contributed by atoms with Crippen LogP contribution < -0.4 is 10.6 Å². The van der Waals surface area contributed by atoms with Crippen molar-refractivity contribution >= 4 is 11.8 Å². The topological polar surface area (TPSA) is 98.7 Å². The van der Waals surface area contributed by atoms with E-state index in [0.29, 0.717) is 11.1 Å². The zero-order chi connectivity index (χ0) is 18.5. The predicted molar refractivity (Wildman–Crippen MR) is 97.2 cm³/mol. The third-order valence-electron chi connectivity index (χ3n) is 4.62. The molecule has 1 fully saturated rings. The van der Waals surface area contributed by atoms with Gasteiger partial charge in [-0.3, -0.25) is 9.59 Å². The summed E-state index contributed by atoms with van der Waals surface area (Å²) in [5, 5.41) is 25.0. The maximum atomic E-state index is 12.4. The summed E-state index contributed by atoms with van der Waals surface area (Å²) >= 11 is 0.